The summed E-state index contributed by atoms with van der Waals surface area (Å²) in [5.74, 6) is 2.89. The van der Waals surface area contributed by atoms with Crippen molar-refractivity contribution >= 4 is 18.4 Å². The van der Waals surface area contributed by atoms with E-state index in [1.54, 1.807) is 46.8 Å². The maximum absolute atomic E-state index is 5.45. The van der Waals surface area contributed by atoms with Gasteiger partial charge in [0.05, 0.1) is 45.8 Å². The highest BCUT2D eigenvalue weighted by Crippen LogP contribution is 2.33. The quantitative estimate of drug-likeness (QED) is 0.483. The van der Waals surface area contributed by atoms with Gasteiger partial charge in [0, 0.05) is 12.1 Å². The van der Waals surface area contributed by atoms with Crippen molar-refractivity contribution in [2.75, 3.05) is 28.4 Å². The average Bonchev–Trinajstić information content (AvgIpc) is 3.11. The molecule has 0 spiro atoms. The zero-order valence-corrected chi connectivity index (χ0v) is 16.7. The Labute approximate surface area is 167 Å². The van der Waals surface area contributed by atoms with Crippen LogP contribution in [-0.2, 0) is 0 Å². The highest BCUT2D eigenvalue weighted by atomic mass is 32.1. The fourth-order valence-corrected chi connectivity index (χ4v) is 2.86. The maximum Gasteiger partial charge on any atom is 0.216 e. The van der Waals surface area contributed by atoms with E-state index in [9.17, 15) is 0 Å². The maximum atomic E-state index is 5.45. The van der Waals surface area contributed by atoms with Crippen LogP contribution < -0.4 is 18.9 Å². The summed E-state index contributed by atoms with van der Waals surface area (Å²) >= 11 is 5.34. The molecule has 0 saturated heterocycles. The van der Waals surface area contributed by atoms with Crippen molar-refractivity contribution in [2.45, 2.75) is 0 Å². The van der Waals surface area contributed by atoms with Crippen molar-refractivity contribution in [3.8, 4) is 34.4 Å². The van der Waals surface area contributed by atoms with Crippen molar-refractivity contribution in [3.05, 3.63) is 46.7 Å². The predicted octanol–water partition coefficient (Wildman–Crippen LogP) is 3.52. The van der Waals surface area contributed by atoms with E-state index in [1.165, 1.54) is 4.68 Å². The Morgan fingerprint density at radius 2 is 1.61 bits per heavy atom. The second-order valence-corrected chi connectivity index (χ2v) is 5.94. The van der Waals surface area contributed by atoms with E-state index in [2.05, 4.69) is 15.3 Å². The van der Waals surface area contributed by atoms with Crippen molar-refractivity contribution in [2.24, 2.45) is 5.10 Å². The first-order valence-corrected chi connectivity index (χ1v) is 8.69. The van der Waals surface area contributed by atoms with Crippen molar-refractivity contribution < 1.29 is 18.9 Å². The van der Waals surface area contributed by atoms with Crippen LogP contribution in [0.25, 0.3) is 11.4 Å². The van der Waals surface area contributed by atoms with Gasteiger partial charge < -0.3 is 18.9 Å². The van der Waals surface area contributed by atoms with Crippen LogP contribution >= 0.6 is 12.2 Å². The smallest absolute Gasteiger partial charge is 0.216 e. The topological polar surface area (TPSA) is 82.9 Å². The lowest BCUT2D eigenvalue weighted by Gasteiger charge is -2.12. The lowest BCUT2D eigenvalue weighted by molar-refractivity contribution is 0.374. The average molecular weight is 400 g/mol. The van der Waals surface area contributed by atoms with Crippen LogP contribution in [0.3, 0.4) is 0 Å². The van der Waals surface area contributed by atoms with Gasteiger partial charge >= 0.3 is 0 Å². The number of aromatic amines is 1. The molecule has 1 aromatic heterocycles. The van der Waals surface area contributed by atoms with Crippen LogP contribution in [-0.4, -0.2) is 49.5 Å². The molecule has 28 heavy (non-hydrogen) atoms. The molecule has 8 nitrogen and oxygen atoms in total. The molecular formula is C19H20N4O4S. The molecular weight excluding hydrogens is 380 g/mol. The monoisotopic (exact) mass is 400 g/mol. The lowest BCUT2D eigenvalue weighted by Crippen LogP contribution is -2.00. The van der Waals surface area contributed by atoms with Gasteiger partial charge in [-0.3, -0.25) is 0 Å². The normalized spacial score (nSPS) is 10.9. The Balaban J connectivity index is 2.10. The van der Waals surface area contributed by atoms with Gasteiger partial charge in [-0.1, -0.05) is 12.1 Å². The lowest BCUT2D eigenvalue weighted by atomic mass is 10.2. The van der Waals surface area contributed by atoms with Gasteiger partial charge in [-0.15, -0.1) is 0 Å². The molecule has 9 heteroatoms. The number of ether oxygens (including phenoxy) is 4. The molecule has 0 fully saturated rings. The minimum Gasteiger partial charge on any atom is -0.496 e. The molecule has 0 unspecified atom stereocenters. The molecule has 1 N–H and O–H groups in total. The number of methoxy groups -OCH3 is 4. The van der Waals surface area contributed by atoms with E-state index in [-0.39, 0.29) is 0 Å². The van der Waals surface area contributed by atoms with Crippen LogP contribution in [0.15, 0.2) is 41.5 Å². The molecule has 3 rings (SSSR count). The number of hydrogen-bond acceptors (Lipinski definition) is 7. The minimum absolute atomic E-state index is 0.337. The van der Waals surface area contributed by atoms with Crippen LogP contribution in [0, 0.1) is 4.77 Å². The van der Waals surface area contributed by atoms with Crippen LogP contribution in [0.1, 0.15) is 5.56 Å². The Morgan fingerprint density at radius 1 is 0.964 bits per heavy atom. The van der Waals surface area contributed by atoms with E-state index in [0.29, 0.717) is 39.2 Å². The summed E-state index contributed by atoms with van der Waals surface area (Å²) in [7, 11) is 6.30. The number of benzene rings is 2. The third-order valence-electron chi connectivity index (χ3n) is 4.05. The first-order valence-electron chi connectivity index (χ1n) is 8.28. The summed E-state index contributed by atoms with van der Waals surface area (Å²) in [5, 5.41) is 11.5. The summed E-state index contributed by atoms with van der Waals surface area (Å²) in [6, 6.07) is 11.0. The SMILES string of the molecule is COc1cc(OC)c(C=Nn2c(-c3ccccc3OC)n[nH]c2=S)c(OC)c1. The van der Waals surface area contributed by atoms with E-state index in [4.69, 9.17) is 31.2 Å². The van der Waals surface area contributed by atoms with Gasteiger partial charge in [-0.05, 0) is 24.4 Å². The molecule has 0 aliphatic rings. The molecule has 0 radical (unpaired) electrons. The molecule has 0 atom stereocenters. The Bertz CT molecular complexity index is 1030. The van der Waals surface area contributed by atoms with Crippen LogP contribution in [0.5, 0.6) is 23.0 Å². The largest absolute Gasteiger partial charge is 0.496 e. The van der Waals surface area contributed by atoms with Crippen LogP contribution in [0.2, 0.25) is 0 Å². The molecule has 0 amide bonds. The molecule has 0 aliphatic heterocycles. The van der Waals surface area contributed by atoms with Gasteiger partial charge in [0.15, 0.2) is 5.82 Å². The molecule has 0 bridgehead atoms. The molecule has 0 saturated carbocycles. The Morgan fingerprint density at radius 3 is 2.21 bits per heavy atom. The molecule has 3 aromatic rings. The fourth-order valence-electron chi connectivity index (χ4n) is 2.68. The molecule has 0 aliphatic carbocycles. The number of aromatic nitrogens is 3. The first-order chi connectivity index (χ1) is 13.6. The van der Waals surface area contributed by atoms with E-state index >= 15 is 0 Å². The van der Waals surface area contributed by atoms with Gasteiger partial charge in [-0.25, -0.2) is 5.10 Å². The zero-order chi connectivity index (χ0) is 20.1. The summed E-state index contributed by atoms with van der Waals surface area (Å²) < 4.78 is 23.4. The first kappa shape index (κ1) is 19.4. The second kappa shape index (κ2) is 8.57. The third-order valence-corrected chi connectivity index (χ3v) is 4.32. The van der Waals surface area contributed by atoms with Crippen molar-refractivity contribution in [3.63, 3.8) is 0 Å². The number of H-pyrrole nitrogens is 1. The van der Waals surface area contributed by atoms with Gasteiger partial charge in [0.25, 0.3) is 0 Å². The highest BCUT2D eigenvalue weighted by molar-refractivity contribution is 7.71. The minimum atomic E-state index is 0.337. The van der Waals surface area contributed by atoms with E-state index in [1.807, 2.05) is 24.3 Å². The van der Waals surface area contributed by atoms with Crippen molar-refractivity contribution in [1.29, 1.82) is 0 Å². The summed E-state index contributed by atoms with van der Waals surface area (Å²) in [4.78, 5) is 0. The highest BCUT2D eigenvalue weighted by Gasteiger charge is 2.15. The number of rotatable bonds is 7. The zero-order valence-electron chi connectivity index (χ0n) is 15.9. The van der Waals surface area contributed by atoms with Gasteiger partial charge in [0.1, 0.15) is 23.0 Å². The second-order valence-electron chi connectivity index (χ2n) is 5.55. The number of hydrogen-bond donors (Lipinski definition) is 1. The fraction of sp³-hybridized carbons (Fsp3) is 0.211. The summed E-state index contributed by atoms with van der Waals surface area (Å²) in [6.07, 6.45) is 1.60. The summed E-state index contributed by atoms with van der Waals surface area (Å²) in [5.41, 5.74) is 1.39. The standard InChI is InChI=1S/C19H20N4O4S/c1-24-12-9-16(26-3)14(17(10-12)27-4)11-20-23-18(21-22-19(23)28)13-7-5-6-8-15(13)25-2/h5-11H,1-4H3,(H,22,28). The molecule has 1 heterocycles. The van der Waals surface area contributed by atoms with Crippen LogP contribution in [0.4, 0.5) is 0 Å². The summed E-state index contributed by atoms with van der Waals surface area (Å²) in [6.45, 7) is 0. The van der Waals surface area contributed by atoms with Gasteiger partial charge in [0.2, 0.25) is 4.77 Å². The number of para-hydroxylation sites is 1. The number of nitrogens with zero attached hydrogens (tertiary/aromatic N) is 3. The van der Waals surface area contributed by atoms with Crippen molar-refractivity contribution in [1.82, 2.24) is 14.9 Å². The van der Waals surface area contributed by atoms with E-state index in [0.717, 1.165) is 5.56 Å². The Kier molecular flexibility index (Phi) is 5.95. The number of nitrogens with one attached hydrogen (secondary N) is 1. The molecule has 146 valence electrons. The third kappa shape index (κ3) is 3.70. The molecule has 2 aromatic carbocycles. The predicted molar refractivity (Wildman–Crippen MR) is 108 cm³/mol. The van der Waals surface area contributed by atoms with Gasteiger partial charge in [-0.2, -0.15) is 14.9 Å². The Hall–Kier alpha value is -3.33. The van der Waals surface area contributed by atoms with E-state index < -0.39 is 0 Å².